The maximum absolute atomic E-state index is 12.1. The van der Waals surface area contributed by atoms with Crippen molar-refractivity contribution in [3.63, 3.8) is 0 Å². The van der Waals surface area contributed by atoms with E-state index in [1.165, 1.54) is 6.42 Å². The van der Waals surface area contributed by atoms with Crippen molar-refractivity contribution in [2.24, 2.45) is 29.2 Å². The molecule has 0 aliphatic heterocycles. The normalized spacial score (nSPS) is 32.4. The fourth-order valence-electron chi connectivity index (χ4n) is 3.85. The number of hydrogen-bond acceptors (Lipinski definition) is 4. The lowest BCUT2D eigenvalue weighted by molar-refractivity contribution is -0.128. The minimum atomic E-state index is -0.570. The molecule has 2 amide bonds. The van der Waals surface area contributed by atoms with E-state index in [1.807, 2.05) is 13.8 Å². The summed E-state index contributed by atoms with van der Waals surface area (Å²) in [6.45, 7) is 3.77. The van der Waals surface area contributed by atoms with E-state index in [0.29, 0.717) is 11.8 Å². The monoisotopic (exact) mass is 310 g/mol. The van der Waals surface area contributed by atoms with Crippen molar-refractivity contribution in [3.8, 4) is 0 Å². The molecule has 0 aromatic rings. The molecule has 6 N–H and O–H groups in total. The van der Waals surface area contributed by atoms with Gasteiger partial charge in [-0.3, -0.25) is 9.59 Å². The summed E-state index contributed by atoms with van der Waals surface area (Å²) in [6.07, 6.45) is 5.49. The molecule has 0 spiro atoms. The van der Waals surface area contributed by atoms with Gasteiger partial charge in [0, 0.05) is 12.1 Å². The van der Waals surface area contributed by atoms with Crippen LogP contribution in [0.15, 0.2) is 0 Å². The Kier molecular flexibility index (Phi) is 5.81. The number of carbonyl (C=O) groups excluding carboxylic acids is 2. The third kappa shape index (κ3) is 4.20. The van der Waals surface area contributed by atoms with Gasteiger partial charge in [-0.25, -0.2) is 0 Å². The highest BCUT2D eigenvalue weighted by Crippen LogP contribution is 2.39. The van der Waals surface area contributed by atoms with Gasteiger partial charge in [-0.15, -0.1) is 0 Å². The molecule has 126 valence electrons. The molecule has 0 saturated heterocycles. The van der Waals surface area contributed by atoms with E-state index in [0.717, 1.165) is 25.7 Å². The van der Waals surface area contributed by atoms with Crippen LogP contribution in [-0.4, -0.2) is 36.5 Å². The predicted molar refractivity (Wildman–Crippen MR) is 85.8 cm³/mol. The molecular weight excluding hydrogens is 280 g/mol. The van der Waals surface area contributed by atoms with Crippen LogP contribution in [0.25, 0.3) is 0 Å². The smallest absolute Gasteiger partial charge is 0.239 e. The van der Waals surface area contributed by atoms with E-state index < -0.39 is 6.04 Å². The Bertz CT molecular complexity index is 399. The van der Waals surface area contributed by atoms with Crippen molar-refractivity contribution in [1.82, 2.24) is 10.6 Å². The number of rotatable bonds is 5. The van der Waals surface area contributed by atoms with Crippen molar-refractivity contribution < 1.29 is 9.59 Å². The fourth-order valence-corrected chi connectivity index (χ4v) is 3.85. The summed E-state index contributed by atoms with van der Waals surface area (Å²) in [5.74, 6) is 0.639. The lowest BCUT2D eigenvalue weighted by Crippen LogP contribution is -2.55. The van der Waals surface area contributed by atoms with E-state index in [-0.39, 0.29) is 36.4 Å². The number of hydrogen-bond donors (Lipinski definition) is 4. The molecule has 0 aromatic heterocycles. The first-order valence-corrected chi connectivity index (χ1v) is 8.46. The molecule has 6 nitrogen and oxygen atoms in total. The molecule has 2 aliphatic rings. The maximum Gasteiger partial charge on any atom is 0.239 e. The summed E-state index contributed by atoms with van der Waals surface area (Å²) in [6, 6.07) is -0.0798. The minimum absolute atomic E-state index is 0.00124. The number of nitrogens with one attached hydrogen (secondary N) is 2. The quantitative estimate of drug-likeness (QED) is 0.577. The molecule has 2 unspecified atom stereocenters. The van der Waals surface area contributed by atoms with Crippen molar-refractivity contribution in [2.75, 3.05) is 6.54 Å². The van der Waals surface area contributed by atoms with Crippen LogP contribution in [0.2, 0.25) is 0 Å². The minimum Gasteiger partial charge on any atom is -0.351 e. The highest BCUT2D eigenvalue weighted by molar-refractivity contribution is 5.87. The van der Waals surface area contributed by atoms with Crippen LogP contribution in [0, 0.1) is 17.8 Å². The highest BCUT2D eigenvalue weighted by Gasteiger charge is 2.39. The molecule has 2 fully saturated rings. The molecular formula is C16H30N4O2. The molecule has 22 heavy (non-hydrogen) atoms. The van der Waals surface area contributed by atoms with Gasteiger partial charge in [0.1, 0.15) is 0 Å². The van der Waals surface area contributed by atoms with Gasteiger partial charge in [0.2, 0.25) is 11.8 Å². The third-order valence-electron chi connectivity index (χ3n) is 5.15. The van der Waals surface area contributed by atoms with Gasteiger partial charge >= 0.3 is 0 Å². The van der Waals surface area contributed by atoms with Crippen LogP contribution in [0.1, 0.15) is 46.0 Å². The summed E-state index contributed by atoms with van der Waals surface area (Å²) in [4.78, 5) is 23.9. The second kappa shape index (κ2) is 7.42. The maximum atomic E-state index is 12.1. The Morgan fingerprint density at radius 3 is 2.32 bits per heavy atom. The molecule has 6 heteroatoms. The molecule has 2 rings (SSSR count). The Balaban J connectivity index is 1.81. The number of nitrogens with two attached hydrogens (primary N) is 2. The Morgan fingerprint density at radius 1 is 1.18 bits per heavy atom. The van der Waals surface area contributed by atoms with E-state index >= 15 is 0 Å². The summed E-state index contributed by atoms with van der Waals surface area (Å²) in [5, 5.41) is 5.74. The fraction of sp³-hybridized carbons (Fsp3) is 0.875. The van der Waals surface area contributed by atoms with Gasteiger partial charge in [0.15, 0.2) is 0 Å². The SMILES string of the molecule is CC(C)[C@H](N)C(=O)NCC(=O)NC1C2CCCC1CC(N)C2. The Labute approximate surface area is 132 Å². The average molecular weight is 310 g/mol. The van der Waals surface area contributed by atoms with Gasteiger partial charge in [0.25, 0.3) is 0 Å². The second-order valence-corrected chi connectivity index (χ2v) is 7.26. The Hall–Kier alpha value is -1.14. The standard InChI is InChI=1S/C16H30N4O2/c1-9(2)14(18)16(22)19-8-13(21)20-15-10-4-3-5-11(15)7-12(17)6-10/h9-12,14-15H,3-8,17-18H2,1-2H3,(H,19,22)(H,20,21)/t10?,11?,12?,14-,15?/m0/s1. The summed E-state index contributed by atoms with van der Waals surface area (Å²) in [5.41, 5.74) is 11.9. The number of amides is 2. The van der Waals surface area contributed by atoms with Crippen molar-refractivity contribution in [3.05, 3.63) is 0 Å². The van der Waals surface area contributed by atoms with Crippen molar-refractivity contribution >= 4 is 11.8 Å². The zero-order chi connectivity index (χ0) is 16.3. The number of fused-ring (bicyclic) bond motifs is 2. The van der Waals surface area contributed by atoms with Crippen LogP contribution in [0.3, 0.4) is 0 Å². The summed E-state index contributed by atoms with van der Waals surface area (Å²) < 4.78 is 0. The van der Waals surface area contributed by atoms with Gasteiger partial charge in [-0.1, -0.05) is 20.3 Å². The van der Waals surface area contributed by atoms with Gasteiger partial charge in [-0.2, -0.15) is 0 Å². The van der Waals surface area contributed by atoms with E-state index in [2.05, 4.69) is 10.6 Å². The van der Waals surface area contributed by atoms with Crippen LogP contribution in [0.5, 0.6) is 0 Å². The predicted octanol–water partition coefficient (Wildman–Crippen LogP) is 0.108. The van der Waals surface area contributed by atoms with Crippen molar-refractivity contribution in [2.45, 2.75) is 64.1 Å². The zero-order valence-electron chi connectivity index (χ0n) is 13.7. The first-order chi connectivity index (χ1) is 10.4. The summed E-state index contributed by atoms with van der Waals surface area (Å²) in [7, 11) is 0. The first-order valence-electron chi connectivity index (χ1n) is 8.46. The topological polar surface area (TPSA) is 110 Å². The van der Waals surface area contributed by atoms with Crippen LogP contribution < -0.4 is 22.1 Å². The zero-order valence-corrected chi connectivity index (χ0v) is 13.7. The molecule has 0 heterocycles. The van der Waals surface area contributed by atoms with Crippen LogP contribution in [-0.2, 0) is 9.59 Å². The van der Waals surface area contributed by atoms with E-state index in [4.69, 9.17) is 11.5 Å². The molecule has 0 aromatic carbocycles. The molecule has 2 saturated carbocycles. The van der Waals surface area contributed by atoms with Gasteiger partial charge in [0.05, 0.1) is 12.6 Å². The van der Waals surface area contributed by atoms with Gasteiger partial charge in [-0.05, 0) is 43.4 Å². The molecule has 2 bridgehead atoms. The lowest BCUT2D eigenvalue weighted by Gasteiger charge is -2.45. The number of carbonyl (C=O) groups is 2. The second-order valence-electron chi connectivity index (χ2n) is 7.26. The first kappa shape index (κ1) is 17.2. The molecule has 2 aliphatic carbocycles. The van der Waals surface area contributed by atoms with E-state index in [9.17, 15) is 9.59 Å². The molecule has 0 radical (unpaired) electrons. The third-order valence-corrected chi connectivity index (χ3v) is 5.15. The van der Waals surface area contributed by atoms with Crippen LogP contribution in [0.4, 0.5) is 0 Å². The summed E-state index contributed by atoms with van der Waals surface area (Å²) >= 11 is 0. The van der Waals surface area contributed by atoms with Gasteiger partial charge < -0.3 is 22.1 Å². The highest BCUT2D eigenvalue weighted by atomic mass is 16.2. The largest absolute Gasteiger partial charge is 0.351 e. The average Bonchev–Trinajstić information content (AvgIpc) is 2.44. The van der Waals surface area contributed by atoms with Crippen LogP contribution >= 0.6 is 0 Å². The molecule has 3 atom stereocenters. The van der Waals surface area contributed by atoms with Crippen molar-refractivity contribution in [1.29, 1.82) is 0 Å². The lowest BCUT2D eigenvalue weighted by atomic mass is 9.67. The Morgan fingerprint density at radius 2 is 1.77 bits per heavy atom. The van der Waals surface area contributed by atoms with E-state index in [1.54, 1.807) is 0 Å².